The first-order valence-corrected chi connectivity index (χ1v) is 6.24. The molecule has 1 aromatic carbocycles. The SMILES string of the molecule is Cc1cscc1C(N)Cc1cc(F)ccc1F. The molecule has 0 spiro atoms. The van der Waals surface area contributed by atoms with Crippen LogP contribution in [0.3, 0.4) is 0 Å². The van der Waals surface area contributed by atoms with Gasteiger partial charge in [0.2, 0.25) is 0 Å². The Bertz CT molecular complexity index is 522. The van der Waals surface area contributed by atoms with Crippen LogP contribution in [0.5, 0.6) is 0 Å². The highest BCUT2D eigenvalue weighted by Crippen LogP contribution is 2.24. The lowest BCUT2D eigenvalue weighted by Gasteiger charge is -2.12. The Labute approximate surface area is 103 Å². The Balaban J connectivity index is 2.21. The van der Waals surface area contributed by atoms with Crippen molar-refractivity contribution in [1.82, 2.24) is 0 Å². The van der Waals surface area contributed by atoms with Crippen molar-refractivity contribution in [2.24, 2.45) is 5.73 Å². The highest BCUT2D eigenvalue weighted by Gasteiger charge is 2.13. The highest BCUT2D eigenvalue weighted by molar-refractivity contribution is 7.08. The van der Waals surface area contributed by atoms with Crippen LogP contribution in [0.1, 0.15) is 22.7 Å². The number of hydrogen-bond acceptors (Lipinski definition) is 2. The van der Waals surface area contributed by atoms with Gasteiger partial charge in [-0.25, -0.2) is 8.78 Å². The van der Waals surface area contributed by atoms with Crippen molar-refractivity contribution < 1.29 is 8.78 Å². The number of hydrogen-bond donors (Lipinski definition) is 1. The molecule has 2 N–H and O–H groups in total. The van der Waals surface area contributed by atoms with Gasteiger partial charge < -0.3 is 5.73 Å². The third kappa shape index (κ3) is 2.70. The maximum Gasteiger partial charge on any atom is 0.126 e. The number of nitrogens with two attached hydrogens (primary N) is 1. The molecule has 0 radical (unpaired) electrons. The highest BCUT2D eigenvalue weighted by atomic mass is 32.1. The Morgan fingerprint density at radius 3 is 2.71 bits per heavy atom. The molecule has 17 heavy (non-hydrogen) atoms. The van der Waals surface area contributed by atoms with Crippen LogP contribution in [0.15, 0.2) is 29.0 Å². The fraction of sp³-hybridized carbons (Fsp3) is 0.231. The van der Waals surface area contributed by atoms with Gasteiger partial charge in [-0.15, -0.1) is 0 Å². The zero-order chi connectivity index (χ0) is 12.4. The molecule has 0 aliphatic carbocycles. The lowest BCUT2D eigenvalue weighted by Crippen LogP contribution is -2.14. The molecule has 0 aliphatic rings. The average Bonchev–Trinajstić information content (AvgIpc) is 2.70. The first kappa shape index (κ1) is 12.2. The molecule has 0 aliphatic heterocycles. The standard InChI is InChI=1S/C13H13F2NS/c1-8-6-17-7-11(8)13(16)5-9-4-10(14)2-3-12(9)15/h2-4,6-7,13H,5,16H2,1H3. The van der Waals surface area contributed by atoms with E-state index in [1.807, 2.05) is 17.7 Å². The van der Waals surface area contributed by atoms with E-state index in [-0.39, 0.29) is 6.04 Å². The Morgan fingerprint density at radius 2 is 2.06 bits per heavy atom. The number of aryl methyl sites for hydroxylation is 1. The molecule has 90 valence electrons. The quantitative estimate of drug-likeness (QED) is 0.889. The molecule has 1 nitrogen and oxygen atoms in total. The summed E-state index contributed by atoms with van der Waals surface area (Å²) >= 11 is 1.56. The summed E-state index contributed by atoms with van der Waals surface area (Å²) in [6.45, 7) is 1.97. The minimum atomic E-state index is -0.435. The van der Waals surface area contributed by atoms with Crippen molar-refractivity contribution in [2.45, 2.75) is 19.4 Å². The smallest absolute Gasteiger partial charge is 0.126 e. The van der Waals surface area contributed by atoms with Crippen LogP contribution < -0.4 is 5.73 Å². The Hall–Kier alpha value is -1.26. The largest absolute Gasteiger partial charge is 0.324 e. The first-order chi connectivity index (χ1) is 8.08. The molecule has 0 saturated heterocycles. The van der Waals surface area contributed by atoms with Crippen molar-refractivity contribution in [1.29, 1.82) is 0 Å². The van der Waals surface area contributed by atoms with Gasteiger partial charge in [0, 0.05) is 6.04 Å². The predicted octanol–water partition coefficient (Wildman–Crippen LogP) is 3.58. The second-order valence-electron chi connectivity index (χ2n) is 4.06. The van der Waals surface area contributed by atoms with Gasteiger partial charge in [-0.2, -0.15) is 11.3 Å². The zero-order valence-electron chi connectivity index (χ0n) is 9.41. The Morgan fingerprint density at radius 1 is 1.29 bits per heavy atom. The molecule has 1 atom stereocenters. The van der Waals surface area contributed by atoms with E-state index in [2.05, 4.69) is 0 Å². The monoisotopic (exact) mass is 253 g/mol. The average molecular weight is 253 g/mol. The van der Waals surface area contributed by atoms with Crippen molar-refractivity contribution in [2.75, 3.05) is 0 Å². The van der Waals surface area contributed by atoms with Gasteiger partial charge >= 0.3 is 0 Å². The molecule has 4 heteroatoms. The van der Waals surface area contributed by atoms with Gasteiger partial charge in [-0.3, -0.25) is 0 Å². The molecule has 2 rings (SSSR count). The second-order valence-corrected chi connectivity index (χ2v) is 4.80. The van der Waals surface area contributed by atoms with Crippen LogP contribution in [0.2, 0.25) is 0 Å². The Kier molecular flexibility index (Phi) is 3.54. The molecule has 1 unspecified atom stereocenters. The number of benzene rings is 1. The van der Waals surface area contributed by atoms with Crippen LogP contribution >= 0.6 is 11.3 Å². The number of thiophene rings is 1. The molecule has 1 heterocycles. The summed E-state index contributed by atoms with van der Waals surface area (Å²) in [5, 5.41) is 3.95. The van der Waals surface area contributed by atoms with Crippen molar-refractivity contribution in [3.05, 3.63) is 57.3 Å². The molecule has 1 aromatic heterocycles. The van der Waals surface area contributed by atoms with Gasteiger partial charge in [0.15, 0.2) is 0 Å². The van der Waals surface area contributed by atoms with Gasteiger partial charge in [0.05, 0.1) is 0 Å². The van der Waals surface area contributed by atoms with E-state index in [1.54, 1.807) is 11.3 Å². The normalized spacial score (nSPS) is 12.7. The second kappa shape index (κ2) is 4.94. The topological polar surface area (TPSA) is 26.0 Å². The summed E-state index contributed by atoms with van der Waals surface area (Å²) in [5.74, 6) is -0.842. The first-order valence-electron chi connectivity index (χ1n) is 5.30. The van der Waals surface area contributed by atoms with E-state index in [9.17, 15) is 8.78 Å². The molecule has 0 saturated carbocycles. The molecular weight excluding hydrogens is 240 g/mol. The minimum absolute atomic E-state index is 0.294. The van der Waals surface area contributed by atoms with E-state index in [0.717, 1.165) is 23.3 Å². The molecular formula is C13H13F2NS. The number of halogens is 2. The summed E-state index contributed by atoms with van der Waals surface area (Å²) < 4.78 is 26.5. The van der Waals surface area contributed by atoms with Crippen LogP contribution in [0.4, 0.5) is 8.78 Å². The summed E-state index contributed by atoms with van der Waals surface area (Å²) in [6, 6.07) is 3.16. The molecule has 0 fully saturated rings. The summed E-state index contributed by atoms with van der Waals surface area (Å²) in [5.41, 5.74) is 8.43. The van der Waals surface area contributed by atoms with E-state index in [4.69, 9.17) is 5.73 Å². The van der Waals surface area contributed by atoms with Gasteiger partial charge in [0.25, 0.3) is 0 Å². The van der Waals surface area contributed by atoms with Crippen LogP contribution in [-0.2, 0) is 6.42 Å². The van der Waals surface area contributed by atoms with Crippen molar-refractivity contribution >= 4 is 11.3 Å². The zero-order valence-corrected chi connectivity index (χ0v) is 10.2. The third-order valence-electron chi connectivity index (χ3n) is 2.74. The van der Waals surface area contributed by atoms with E-state index < -0.39 is 11.6 Å². The van der Waals surface area contributed by atoms with Crippen LogP contribution in [0.25, 0.3) is 0 Å². The van der Waals surface area contributed by atoms with Crippen LogP contribution in [-0.4, -0.2) is 0 Å². The molecule has 0 amide bonds. The number of rotatable bonds is 3. The fourth-order valence-corrected chi connectivity index (χ4v) is 2.71. The summed E-state index contributed by atoms with van der Waals surface area (Å²) in [4.78, 5) is 0. The third-order valence-corrected chi connectivity index (χ3v) is 3.62. The molecule has 0 bridgehead atoms. The van der Waals surface area contributed by atoms with Gasteiger partial charge in [-0.05, 0) is 59.0 Å². The van der Waals surface area contributed by atoms with Gasteiger partial charge in [0.1, 0.15) is 11.6 Å². The maximum absolute atomic E-state index is 13.5. The fourth-order valence-electron chi connectivity index (χ4n) is 1.80. The van der Waals surface area contributed by atoms with E-state index in [0.29, 0.717) is 12.0 Å². The summed E-state index contributed by atoms with van der Waals surface area (Å²) in [6.07, 6.45) is 0.307. The lowest BCUT2D eigenvalue weighted by atomic mass is 9.99. The van der Waals surface area contributed by atoms with Gasteiger partial charge in [-0.1, -0.05) is 0 Å². The minimum Gasteiger partial charge on any atom is -0.324 e. The molecule has 2 aromatic rings. The predicted molar refractivity (Wildman–Crippen MR) is 66.0 cm³/mol. The van der Waals surface area contributed by atoms with Crippen molar-refractivity contribution in [3.8, 4) is 0 Å². The van der Waals surface area contributed by atoms with E-state index >= 15 is 0 Å². The summed E-state index contributed by atoms with van der Waals surface area (Å²) in [7, 11) is 0. The maximum atomic E-state index is 13.5. The van der Waals surface area contributed by atoms with E-state index in [1.165, 1.54) is 6.07 Å². The lowest BCUT2D eigenvalue weighted by molar-refractivity contribution is 0.572. The van der Waals surface area contributed by atoms with Crippen molar-refractivity contribution in [3.63, 3.8) is 0 Å². The van der Waals surface area contributed by atoms with Crippen LogP contribution in [0, 0.1) is 18.6 Å².